The Kier molecular flexibility index (Phi) is 5.79. The van der Waals surface area contributed by atoms with E-state index < -0.39 is 5.30 Å². The first-order valence-electron chi connectivity index (χ1n) is 6.39. The lowest BCUT2D eigenvalue weighted by Crippen LogP contribution is -2.01. The Balaban J connectivity index is 1.77. The first kappa shape index (κ1) is 15.1. The zero-order chi connectivity index (χ0) is 14.9. The van der Waals surface area contributed by atoms with Gasteiger partial charge in [0.05, 0.1) is 0 Å². The minimum absolute atomic E-state index is 0.169. The monoisotopic (exact) mass is 298 g/mol. The third-order valence-corrected chi connectivity index (χ3v) is 3.22. The van der Waals surface area contributed by atoms with Gasteiger partial charge in [-0.05, 0) is 17.2 Å². The molecule has 0 radical (unpaired) electrons. The van der Waals surface area contributed by atoms with Gasteiger partial charge in [0.2, 0.25) is 5.12 Å². The molecule has 0 spiro atoms. The van der Waals surface area contributed by atoms with E-state index in [4.69, 9.17) is 4.74 Å². The molecule has 0 heterocycles. The van der Waals surface area contributed by atoms with Crippen LogP contribution in [0.4, 0.5) is 4.79 Å². The Morgan fingerprint density at radius 2 is 1.57 bits per heavy atom. The molecule has 0 aliphatic rings. The van der Waals surface area contributed by atoms with Crippen LogP contribution in [0.5, 0.6) is 0 Å². The fraction of sp³-hybridized carbons (Fsp3) is 0.0588. The summed E-state index contributed by atoms with van der Waals surface area (Å²) in [6.45, 7) is 0.169. The lowest BCUT2D eigenvalue weighted by molar-refractivity contribution is -0.106. The molecule has 0 N–H and O–H groups in total. The second kappa shape index (κ2) is 8.07. The van der Waals surface area contributed by atoms with Gasteiger partial charge in [0.15, 0.2) is 0 Å². The largest absolute Gasteiger partial charge is 0.452 e. The molecule has 0 saturated heterocycles. The van der Waals surface area contributed by atoms with Gasteiger partial charge < -0.3 is 4.74 Å². The van der Waals surface area contributed by atoms with Crippen molar-refractivity contribution in [3.8, 4) is 0 Å². The van der Waals surface area contributed by atoms with Crippen molar-refractivity contribution in [2.75, 3.05) is 0 Å². The topological polar surface area (TPSA) is 43.4 Å². The highest BCUT2D eigenvalue weighted by atomic mass is 32.2. The SMILES string of the molecule is O=C(/C=C\c1ccccc1)SC(=O)OCc1ccccc1. The van der Waals surface area contributed by atoms with Crippen molar-refractivity contribution in [1.29, 1.82) is 0 Å². The summed E-state index contributed by atoms with van der Waals surface area (Å²) in [4.78, 5) is 23.1. The molecule has 2 aromatic carbocycles. The van der Waals surface area contributed by atoms with Crippen LogP contribution in [0.25, 0.3) is 6.08 Å². The van der Waals surface area contributed by atoms with Gasteiger partial charge in [-0.25, -0.2) is 4.79 Å². The van der Waals surface area contributed by atoms with E-state index >= 15 is 0 Å². The maximum absolute atomic E-state index is 11.6. The van der Waals surface area contributed by atoms with E-state index in [0.717, 1.165) is 11.1 Å². The number of carbonyl (C=O) groups is 2. The summed E-state index contributed by atoms with van der Waals surface area (Å²) < 4.78 is 5.02. The highest BCUT2D eigenvalue weighted by molar-refractivity contribution is 8.26. The molecule has 0 atom stereocenters. The van der Waals surface area contributed by atoms with E-state index in [2.05, 4.69) is 0 Å². The van der Waals surface area contributed by atoms with Gasteiger partial charge in [0.1, 0.15) is 6.61 Å². The minimum Gasteiger partial charge on any atom is -0.452 e. The van der Waals surface area contributed by atoms with Gasteiger partial charge in [-0.3, -0.25) is 4.79 Å². The van der Waals surface area contributed by atoms with Crippen LogP contribution in [0.1, 0.15) is 11.1 Å². The molecule has 0 unspecified atom stereocenters. The van der Waals surface area contributed by atoms with E-state index in [1.807, 2.05) is 60.7 Å². The van der Waals surface area contributed by atoms with Crippen LogP contribution in [-0.2, 0) is 16.1 Å². The quantitative estimate of drug-likeness (QED) is 0.623. The third-order valence-electron chi connectivity index (χ3n) is 2.59. The van der Waals surface area contributed by atoms with Gasteiger partial charge in [0, 0.05) is 11.8 Å². The molecular formula is C17H14O3S. The fourth-order valence-corrected chi connectivity index (χ4v) is 2.01. The molecule has 106 valence electrons. The third kappa shape index (κ3) is 5.67. The summed E-state index contributed by atoms with van der Waals surface area (Å²) in [5.74, 6) is 0. The highest BCUT2D eigenvalue weighted by Gasteiger charge is 2.09. The highest BCUT2D eigenvalue weighted by Crippen LogP contribution is 2.12. The molecule has 0 aromatic heterocycles. The first-order chi connectivity index (χ1) is 10.2. The average molecular weight is 298 g/mol. The fourth-order valence-electron chi connectivity index (χ4n) is 1.59. The molecule has 4 heteroatoms. The maximum Gasteiger partial charge on any atom is 0.375 e. The molecule has 2 rings (SSSR count). The van der Waals surface area contributed by atoms with Gasteiger partial charge >= 0.3 is 5.30 Å². The second-order valence-corrected chi connectivity index (χ2v) is 5.13. The van der Waals surface area contributed by atoms with Crippen molar-refractivity contribution in [2.24, 2.45) is 0 Å². The maximum atomic E-state index is 11.6. The van der Waals surface area contributed by atoms with Gasteiger partial charge in [-0.1, -0.05) is 66.7 Å². The molecule has 0 amide bonds. The molecule has 0 bridgehead atoms. The van der Waals surface area contributed by atoms with Crippen LogP contribution in [0.15, 0.2) is 66.7 Å². The number of rotatable bonds is 4. The number of hydrogen-bond acceptors (Lipinski definition) is 4. The van der Waals surface area contributed by atoms with E-state index in [1.54, 1.807) is 6.08 Å². The Morgan fingerprint density at radius 1 is 0.952 bits per heavy atom. The smallest absolute Gasteiger partial charge is 0.375 e. The summed E-state index contributed by atoms with van der Waals surface area (Å²) in [7, 11) is 0. The van der Waals surface area contributed by atoms with E-state index in [0.29, 0.717) is 11.8 Å². The molecule has 21 heavy (non-hydrogen) atoms. The number of hydrogen-bond donors (Lipinski definition) is 0. The number of ether oxygens (including phenoxy) is 1. The summed E-state index contributed by atoms with van der Waals surface area (Å²) in [6.07, 6.45) is 3.03. The normalized spacial score (nSPS) is 10.5. The van der Waals surface area contributed by atoms with Gasteiger partial charge in [0.25, 0.3) is 0 Å². The Hall–Kier alpha value is -2.33. The van der Waals surface area contributed by atoms with Gasteiger partial charge in [-0.15, -0.1) is 0 Å². The molecule has 0 aliphatic carbocycles. The Morgan fingerprint density at radius 3 is 2.24 bits per heavy atom. The molecule has 2 aromatic rings. The zero-order valence-corrected chi connectivity index (χ0v) is 12.1. The van der Waals surface area contributed by atoms with Crippen molar-refractivity contribution >= 4 is 28.3 Å². The molecule has 0 aliphatic heterocycles. The average Bonchev–Trinajstić information content (AvgIpc) is 2.53. The van der Waals surface area contributed by atoms with Crippen LogP contribution in [0.3, 0.4) is 0 Å². The van der Waals surface area contributed by atoms with Crippen molar-refractivity contribution in [2.45, 2.75) is 6.61 Å². The summed E-state index contributed by atoms with van der Waals surface area (Å²) in [6, 6.07) is 18.7. The summed E-state index contributed by atoms with van der Waals surface area (Å²) >= 11 is 0.551. The number of thioether (sulfide) groups is 1. The summed E-state index contributed by atoms with van der Waals surface area (Å²) in [5.41, 5.74) is 1.79. The van der Waals surface area contributed by atoms with Gasteiger partial charge in [-0.2, -0.15) is 0 Å². The van der Waals surface area contributed by atoms with Crippen LogP contribution in [0, 0.1) is 0 Å². The Bertz CT molecular complexity index is 621. The van der Waals surface area contributed by atoms with Crippen molar-refractivity contribution in [1.82, 2.24) is 0 Å². The van der Waals surface area contributed by atoms with Crippen molar-refractivity contribution < 1.29 is 14.3 Å². The lowest BCUT2D eigenvalue weighted by Gasteiger charge is -2.02. The van der Waals surface area contributed by atoms with Crippen LogP contribution >= 0.6 is 11.8 Å². The zero-order valence-electron chi connectivity index (χ0n) is 11.3. The molecular weight excluding hydrogens is 284 g/mol. The lowest BCUT2D eigenvalue weighted by atomic mass is 10.2. The summed E-state index contributed by atoms with van der Waals surface area (Å²) in [5, 5.41) is -0.946. The van der Waals surface area contributed by atoms with Crippen LogP contribution < -0.4 is 0 Å². The van der Waals surface area contributed by atoms with Crippen LogP contribution in [-0.4, -0.2) is 10.4 Å². The Labute approximate surface area is 127 Å². The minimum atomic E-state index is -0.596. The number of benzene rings is 2. The van der Waals surface area contributed by atoms with Crippen molar-refractivity contribution in [3.63, 3.8) is 0 Å². The number of carbonyl (C=O) groups excluding carboxylic acids is 2. The first-order valence-corrected chi connectivity index (χ1v) is 7.21. The van der Waals surface area contributed by atoms with Crippen molar-refractivity contribution in [3.05, 3.63) is 77.9 Å². The van der Waals surface area contributed by atoms with E-state index in [-0.39, 0.29) is 11.7 Å². The predicted octanol–water partition coefficient (Wildman–Crippen LogP) is 4.30. The molecule has 0 fully saturated rings. The standard InChI is InChI=1S/C17H14O3S/c18-16(12-11-14-7-3-1-4-8-14)21-17(19)20-13-15-9-5-2-6-10-15/h1-12H,13H2/b12-11-. The second-order valence-electron chi connectivity index (χ2n) is 4.19. The van der Waals surface area contributed by atoms with Crippen LogP contribution in [0.2, 0.25) is 0 Å². The predicted molar refractivity (Wildman–Crippen MR) is 84.7 cm³/mol. The van der Waals surface area contributed by atoms with E-state index in [1.165, 1.54) is 6.08 Å². The van der Waals surface area contributed by atoms with E-state index in [9.17, 15) is 9.59 Å². The molecule has 3 nitrogen and oxygen atoms in total. The molecule has 0 saturated carbocycles.